The highest BCUT2D eigenvalue weighted by Crippen LogP contribution is 2.20. The van der Waals surface area contributed by atoms with Crippen LogP contribution in [0.25, 0.3) is 0 Å². The molecule has 0 saturated carbocycles. The Balaban J connectivity index is 2.01. The largest absolute Gasteiger partial charge is 0.494 e. The van der Waals surface area contributed by atoms with Crippen LogP contribution in [-0.4, -0.2) is 30.8 Å². The van der Waals surface area contributed by atoms with Gasteiger partial charge in [0, 0.05) is 6.54 Å². The van der Waals surface area contributed by atoms with Gasteiger partial charge in [-0.3, -0.25) is 0 Å². The maximum absolute atomic E-state index is 10.5. The third kappa shape index (κ3) is 5.52. The minimum atomic E-state index is -1.12. The first-order valence-electron chi connectivity index (χ1n) is 8.97. The molecule has 0 fully saturated rings. The lowest BCUT2D eigenvalue weighted by molar-refractivity contribution is 0.0386. The molecule has 2 aromatic rings. The summed E-state index contributed by atoms with van der Waals surface area (Å²) in [6.07, 6.45) is 1.55. The molecule has 1 unspecified atom stereocenters. The van der Waals surface area contributed by atoms with Crippen molar-refractivity contribution in [2.75, 3.05) is 19.7 Å². The minimum absolute atomic E-state index is 0.286. The summed E-state index contributed by atoms with van der Waals surface area (Å²) in [6.45, 7) is 9.92. The summed E-state index contributed by atoms with van der Waals surface area (Å²) >= 11 is 0. The second kappa shape index (κ2) is 9.29. The van der Waals surface area contributed by atoms with E-state index in [9.17, 15) is 5.11 Å². The number of nitrogens with one attached hydrogen (secondary N) is 2. The summed E-state index contributed by atoms with van der Waals surface area (Å²) in [6, 6.07) is 9.60. The Morgan fingerprint density at radius 2 is 2.08 bits per heavy atom. The molecule has 2 rings (SSSR count). The Hall–Kier alpha value is -2.47. The van der Waals surface area contributed by atoms with Crippen LogP contribution in [0.15, 0.2) is 46.0 Å². The summed E-state index contributed by atoms with van der Waals surface area (Å²) in [5.41, 5.74) is 1.08. The van der Waals surface area contributed by atoms with E-state index in [0.717, 1.165) is 23.4 Å². The highest BCUT2D eigenvalue weighted by molar-refractivity contribution is 5.79. The molecular weight excluding hydrogens is 330 g/mol. The van der Waals surface area contributed by atoms with Crippen molar-refractivity contribution in [1.82, 2.24) is 10.6 Å². The Morgan fingerprint density at radius 3 is 2.69 bits per heavy atom. The molecule has 1 aromatic heterocycles. The topological polar surface area (TPSA) is 79.0 Å². The fourth-order valence-corrected chi connectivity index (χ4v) is 2.57. The molecule has 1 aromatic carbocycles. The molecule has 0 bridgehead atoms. The third-order valence-corrected chi connectivity index (χ3v) is 3.96. The zero-order valence-electron chi connectivity index (χ0n) is 16.0. The van der Waals surface area contributed by atoms with Gasteiger partial charge in [-0.25, -0.2) is 4.99 Å². The average molecular weight is 359 g/mol. The number of hydrogen-bond acceptors (Lipinski definition) is 4. The molecule has 1 atom stereocenters. The quantitative estimate of drug-likeness (QED) is 0.499. The van der Waals surface area contributed by atoms with Gasteiger partial charge in [0.2, 0.25) is 0 Å². The van der Waals surface area contributed by atoms with E-state index in [-0.39, 0.29) is 6.54 Å². The molecule has 0 spiro atoms. The summed E-state index contributed by atoms with van der Waals surface area (Å²) in [5.74, 6) is 2.06. The van der Waals surface area contributed by atoms with Crippen molar-refractivity contribution >= 4 is 5.96 Å². The van der Waals surface area contributed by atoms with Gasteiger partial charge in [0.05, 0.1) is 26.0 Å². The number of furan rings is 1. The molecule has 0 aliphatic carbocycles. The van der Waals surface area contributed by atoms with E-state index in [0.29, 0.717) is 24.9 Å². The highest BCUT2D eigenvalue weighted by Gasteiger charge is 2.26. The van der Waals surface area contributed by atoms with Gasteiger partial charge < -0.3 is 24.9 Å². The lowest BCUT2D eigenvalue weighted by Gasteiger charge is -2.22. The Kier molecular flexibility index (Phi) is 7.09. The van der Waals surface area contributed by atoms with E-state index in [2.05, 4.69) is 21.7 Å². The molecule has 26 heavy (non-hydrogen) atoms. The number of benzene rings is 1. The number of ether oxygens (including phenoxy) is 1. The van der Waals surface area contributed by atoms with Gasteiger partial charge in [-0.15, -0.1) is 0 Å². The molecule has 142 valence electrons. The van der Waals surface area contributed by atoms with Crippen molar-refractivity contribution in [3.8, 4) is 5.75 Å². The van der Waals surface area contributed by atoms with Crippen LogP contribution in [0, 0.1) is 6.92 Å². The number of aryl methyl sites for hydroxylation is 1. The minimum Gasteiger partial charge on any atom is -0.494 e. The van der Waals surface area contributed by atoms with Crippen molar-refractivity contribution in [2.45, 2.75) is 39.8 Å². The Labute approximate surface area is 155 Å². The van der Waals surface area contributed by atoms with E-state index in [4.69, 9.17) is 9.15 Å². The van der Waals surface area contributed by atoms with Gasteiger partial charge >= 0.3 is 0 Å². The molecule has 1 heterocycles. The van der Waals surface area contributed by atoms with Gasteiger partial charge in [0.1, 0.15) is 17.1 Å². The SMILES string of the molecule is CCNC(=NCc1ccc(OCC)c(C)c1)NCC(C)(O)c1ccco1. The highest BCUT2D eigenvalue weighted by atomic mass is 16.5. The maximum atomic E-state index is 10.5. The van der Waals surface area contributed by atoms with Crippen molar-refractivity contribution in [1.29, 1.82) is 0 Å². The molecule has 3 N–H and O–H groups in total. The van der Waals surface area contributed by atoms with Gasteiger partial charge in [0.15, 0.2) is 5.96 Å². The summed E-state index contributed by atoms with van der Waals surface area (Å²) < 4.78 is 10.9. The van der Waals surface area contributed by atoms with Crippen molar-refractivity contribution < 1.29 is 14.3 Å². The molecule has 6 heteroatoms. The number of rotatable bonds is 8. The number of aliphatic imine (C=N–C) groups is 1. The van der Waals surface area contributed by atoms with Crippen LogP contribution in [-0.2, 0) is 12.1 Å². The number of aliphatic hydroxyl groups is 1. The van der Waals surface area contributed by atoms with E-state index >= 15 is 0 Å². The molecule has 0 aliphatic heterocycles. The first-order chi connectivity index (χ1) is 12.5. The van der Waals surface area contributed by atoms with E-state index in [1.165, 1.54) is 0 Å². The second-order valence-corrected chi connectivity index (χ2v) is 6.33. The van der Waals surface area contributed by atoms with Crippen molar-refractivity contribution in [2.24, 2.45) is 4.99 Å². The third-order valence-electron chi connectivity index (χ3n) is 3.96. The summed E-state index contributed by atoms with van der Waals surface area (Å²) in [5, 5.41) is 16.9. The zero-order chi connectivity index (χ0) is 19.0. The van der Waals surface area contributed by atoms with Crippen LogP contribution in [0.4, 0.5) is 0 Å². The first-order valence-corrected chi connectivity index (χ1v) is 8.97. The summed E-state index contributed by atoms with van der Waals surface area (Å²) in [4.78, 5) is 4.60. The summed E-state index contributed by atoms with van der Waals surface area (Å²) in [7, 11) is 0. The van der Waals surface area contributed by atoms with E-state index < -0.39 is 5.60 Å². The van der Waals surface area contributed by atoms with E-state index in [1.807, 2.05) is 32.9 Å². The molecule has 0 amide bonds. The number of hydrogen-bond donors (Lipinski definition) is 3. The number of nitrogens with zero attached hydrogens (tertiary/aromatic N) is 1. The zero-order valence-corrected chi connectivity index (χ0v) is 16.0. The van der Waals surface area contributed by atoms with Crippen LogP contribution in [0.3, 0.4) is 0 Å². The number of guanidine groups is 1. The van der Waals surface area contributed by atoms with Crippen LogP contribution >= 0.6 is 0 Å². The standard InChI is InChI=1S/C20H29N3O3/c1-5-21-19(23-14-20(4,24)18-8-7-11-26-18)22-13-16-9-10-17(25-6-2)15(3)12-16/h7-12,24H,5-6,13-14H2,1-4H3,(H2,21,22,23). The predicted molar refractivity (Wildman–Crippen MR) is 103 cm³/mol. The van der Waals surface area contributed by atoms with Gasteiger partial charge in [-0.2, -0.15) is 0 Å². The molecule has 0 saturated heterocycles. The fourth-order valence-electron chi connectivity index (χ4n) is 2.57. The normalized spacial score (nSPS) is 14.0. The van der Waals surface area contributed by atoms with Gasteiger partial charge in [-0.05, 0) is 57.0 Å². The lowest BCUT2D eigenvalue weighted by Crippen LogP contribution is -2.44. The van der Waals surface area contributed by atoms with Gasteiger partial charge in [-0.1, -0.05) is 12.1 Å². The smallest absolute Gasteiger partial charge is 0.191 e. The Bertz CT molecular complexity index is 709. The second-order valence-electron chi connectivity index (χ2n) is 6.33. The predicted octanol–water partition coefficient (Wildman–Crippen LogP) is 2.95. The van der Waals surface area contributed by atoms with Crippen LogP contribution < -0.4 is 15.4 Å². The molecule has 6 nitrogen and oxygen atoms in total. The molecule has 0 aliphatic rings. The van der Waals surface area contributed by atoms with Crippen LogP contribution in [0.5, 0.6) is 5.75 Å². The maximum Gasteiger partial charge on any atom is 0.191 e. The molecule has 0 radical (unpaired) electrons. The molecular formula is C20H29N3O3. The van der Waals surface area contributed by atoms with Crippen molar-refractivity contribution in [3.63, 3.8) is 0 Å². The van der Waals surface area contributed by atoms with E-state index in [1.54, 1.807) is 25.3 Å². The van der Waals surface area contributed by atoms with Crippen LogP contribution in [0.1, 0.15) is 37.7 Å². The monoisotopic (exact) mass is 359 g/mol. The lowest BCUT2D eigenvalue weighted by atomic mass is 10.0. The Morgan fingerprint density at radius 1 is 1.27 bits per heavy atom. The fraction of sp³-hybridized carbons (Fsp3) is 0.450. The van der Waals surface area contributed by atoms with Gasteiger partial charge in [0.25, 0.3) is 0 Å². The van der Waals surface area contributed by atoms with Crippen LogP contribution in [0.2, 0.25) is 0 Å². The van der Waals surface area contributed by atoms with Crippen molar-refractivity contribution in [3.05, 3.63) is 53.5 Å². The first kappa shape index (κ1) is 19.8. The average Bonchev–Trinajstić information content (AvgIpc) is 3.15.